The normalized spacial score (nSPS) is 16.1. The third-order valence-electron chi connectivity index (χ3n) is 8.32. The predicted octanol–water partition coefficient (Wildman–Crippen LogP) is 4.37. The topological polar surface area (TPSA) is 134 Å². The highest BCUT2D eigenvalue weighted by Gasteiger charge is 2.42. The van der Waals surface area contributed by atoms with Crippen LogP contribution in [0.2, 0.25) is 0 Å². The number of phenols is 1. The van der Waals surface area contributed by atoms with Crippen LogP contribution in [0, 0.1) is 17.5 Å². The first-order chi connectivity index (χ1) is 21.9. The van der Waals surface area contributed by atoms with Crippen molar-refractivity contribution in [3.05, 3.63) is 76.5 Å². The predicted molar refractivity (Wildman–Crippen MR) is 165 cm³/mol. The monoisotopic (exact) mass is 633 g/mol. The van der Waals surface area contributed by atoms with Gasteiger partial charge in [-0.3, -0.25) is 14.2 Å². The largest absolute Gasteiger partial charge is 0.507 e. The summed E-state index contributed by atoms with van der Waals surface area (Å²) in [5.74, 6) is -6.68. The number of piperazine rings is 1. The highest BCUT2D eigenvalue weighted by molar-refractivity contribution is 6.13. The number of aromatic hydroxyl groups is 1. The molecule has 2 aromatic heterocycles. The molecule has 238 valence electrons. The Balaban J connectivity index is 1.81. The Morgan fingerprint density at radius 1 is 1.04 bits per heavy atom. The number of carbonyl (C=O) groups excluding carboxylic acids is 2. The van der Waals surface area contributed by atoms with Crippen LogP contribution >= 0.6 is 0 Å². The number of benzene rings is 2. The summed E-state index contributed by atoms with van der Waals surface area (Å²) >= 11 is 0. The van der Waals surface area contributed by atoms with Crippen LogP contribution in [0.25, 0.3) is 27.7 Å². The number of phenolic OH excluding ortho intramolecular Hbond substituents is 1. The number of nitrogens with zero attached hydrogens (tertiary/aromatic N) is 6. The minimum absolute atomic E-state index is 0.00924. The molecule has 2 amide bonds. The first kappa shape index (κ1) is 30.7. The molecule has 4 heterocycles. The number of nitrogens with one attached hydrogen (secondary N) is 1. The summed E-state index contributed by atoms with van der Waals surface area (Å²) in [7, 11) is 0. The summed E-state index contributed by atoms with van der Waals surface area (Å²) in [4.78, 5) is 56.3. The minimum Gasteiger partial charge on any atom is -0.507 e. The van der Waals surface area contributed by atoms with Gasteiger partial charge in [0.25, 0.3) is 0 Å². The molecule has 2 N–H and O–H groups in total. The molecular formula is C32H30F3N7O4. The summed E-state index contributed by atoms with van der Waals surface area (Å²) in [6.45, 7) is 10.7. The average Bonchev–Trinajstić information content (AvgIpc) is 3.14. The molecule has 4 aromatic rings. The Morgan fingerprint density at radius 2 is 1.72 bits per heavy atom. The van der Waals surface area contributed by atoms with Gasteiger partial charge in [0.15, 0.2) is 11.6 Å². The van der Waals surface area contributed by atoms with Crippen molar-refractivity contribution in [1.29, 1.82) is 0 Å². The molecule has 0 radical (unpaired) electrons. The van der Waals surface area contributed by atoms with E-state index in [1.54, 1.807) is 0 Å². The van der Waals surface area contributed by atoms with E-state index in [2.05, 4.69) is 26.8 Å². The minimum atomic E-state index is -1.39. The molecule has 1 atom stereocenters. The van der Waals surface area contributed by atoms with E-state index in [-0.39, 0.29) is 48.4 Å². The zero-order valence-electron chi connectivity index (χ0n) is 25.4. The lowest BCUT2D eigenvalue weighted by Crippen LogP contribution is -2.58. The lowest BCUT2D eigenvalue weighted by Gasteiger charge is -2.40. The molecule has 2 aliphatic rings. The summed E-state index contributed by atoms with van der Waals surface area (Å²) in [6.07, 6.45) is 2.43. The van der Waals surface area contributed by atoms with Gasteiger partial charge >= 0.3 is 5.69 Å². The van der Waals surface area contributed by atoms with Crippen molar-refractivity contribution >= 4 is 34.2 Å². The maximum absolute atomic E-state index is 17.2. The molecule has 1 fully saturated rings. The van der Waals surface area contributed by atoms with Gasteiger partial charge in [0, 0.05) is 13.1 Å². The van der Waals surface area contributed by atoms with Gasteiger partial charge in [0.2, 0.25) is 11.8 Å². The van der Waals surface area contributed by atoms with Crippen LogP contribution in [-0.4, -0.2) is 67.0 Å². The van der Waals surface area contributed by atoms with Gasteiger partial charge in [0.1, 0.15) is 35.3 Å². The number of rotatable bonds is 5. The Bertz CT molecular complexity index is 1980. The highest BCUT2D eigenvalue weighted by Crippen LogP contribution is 2.46. The lowest BCUT2D eigenvalue weighted by atomic mass is 9.97. The Hall–Kier alpha value is -5.27. The Labute approximate surface area is 261 Å². The third kappa shape index (κ3) is 4.58. The smallest absolute Gasteiger partial charge is 0.354 e. The van der Waals surface area contributed by atoms with E-state index in [9.17, 15) is 19.5 Å². The number of anilines is 2. The number of halogens is 3. The summed E-state index contributed by atoms with van der Waals surface area (Å²) in [5, 5.41) is 12.9. The molecule has 6 rings (SSSR count). The molecular weight excluding hydrogens is 603 g/mol. The van der Waals surface area contributed by atoms with Crippen molar-refractivity contribution in [2.45, 2.75) is 45.6 Å². The number of hydrogen-bond acceptors (Lipinski definition) is 8. The van der Waals surface area contributed by atoms with Crippen molar-refractivity contribution in [2.75, 3.05) is 29.9 Å². The van der Waals surface area contributed by atoms with Crippen LogP contribution < -0.4 is 15.9 Å². The van der Waals surface area contributed by atoms with E-state index in [1.165, 1.54) is 22.2 Å². The van der Waals surface area contributed by atoms with Gasteiger partial charge in [-0.1, -0.05) is 40.3 Å². The summed E-state index contributed by atoms with van der Waals surface area (Å²) < 4.78 is 50.1. The molecule has 0 aliphatic carbocycles. The molecule has 1 unspecified atom stereocenters. The Kier molecular flexibility index (Phi) is 7.53. The standard InChI is InChI=1S/C32H30F3N7O4/c1-6-19(44)40-10-11-41-17(12-40)31(45)38-27-22-28(24(35)21(23(27)34)20-16(33)8-7-9-18(20)43)42(32(46)39-30(22)41)29-25(14(2)3)36-13-37-26(29)15(4)5/h6-9,13-15,17,43H,1,10-12H2,2-5H3,(H,38,45). The van der Waals surface area contributed by atoms with Crippen molar-refractivity contribution in [3.63, 3.8) is 0 Å². The summed E-state index contributed by atoms with van der Waals surface area (Å²) in [5.41, 5.74) is -3.03. The average molecular weight is 634 g/mol. The van der Waals surface area contributed by atoms with Crippen LogP contribution in [0.1, 0.15) is 50.9 Å². The number of amides is 2. The number of carbonyl (C=O) groups is 2. The molecule has 46 heavy (non-hydrogen) atoms. The number of aromatic nitrogens is 4. The molecule has 0 bridgehead atoms. The van der Waals surface area contributed by atoms with Gasteiger partial charge in [-0.2, -0.15) is 4.98 Å². The van der Waals surface area contributed by atoms with Crippen molar-refractivity contribution in [2.24, 2.45) is 0 Å². The third-order valence-corrected chi connectivity index (χ3v) is 8.32. The zero-order chi connectivity index (χ0) is 33.2. The van der Waals surface area contributed by atoms with E-state index < -0.39 is 69.1 Å². The van der Waals surface area contributed by atoms with E-state index in [4.69, 9.17) is 0 Å². The van der Waals surface area contributed by atoms with Crippen LogP contribution in [0.3, 0.4) is 0 Å². The molecule has 1 saturated heterocycles. The van der Waals surface area contributed by atoms with Gasteiger partial charge < -0.3 is 20.2 Å². The van der Waals surface area contributed by atoms with Crippen LogP contribution in [0.15, 0.2) is 42.0 Å². The van der Waals surface area contributed by atoms with E-state index >= 15 is 13.2 Å². The maximum atomic E-state index is 17.2. The SMILES string of the molecule is C=CC(=O)N1CCN2c3nc(=O)n(-c4c(C(C)C)ncnc4C(C)C)c4c(F)c(-c5c(O)cccc5F)c(F)c(c34)NC(=O)C2C1. The molecule has 0 spiro atoms. The van der Waals surface area contributed by atoms with Gasteiger partial charge in [0.05, 0.1) is 45.8 Å². The lowest BCUT2D eigenvalue weighted by molar-refractivity contribution is -0.128. The second-order valence-corrected chi connectivity index (χ2v) is 11.8. The van der Waals surface area contributed by atoms with E-state index in [0.29, 0.717) is 11.4 Å². The number of hydrogen-bond donors (Lipinski definition) is 2. The molecule has 2 aromatic carbocycles. The quantitative estimate of drug-likeness (QED) is 0.310. The van der Waals surface area contributed by atoms with Crippen LogP contribution in [-0.2, 0) is 9.59 Å². The van der Waals surface area contributed by atoms with E-state index in [1.807, 2.05) is 27.7 Å². The second-order valence-electron chi connectivity index (χ2n) is 11.8. The Morgan fingerprint density at radius 3 is 2.33 bits per heavy atom. The van der Waals surface area contributed by atoms with Crippen LogP contribution in [0.5, 0.6) is 5.75 Å². The summed E-state index contributed by atoms with van der Waals surface area (Å²) in [6, 6.07) is 2.00. The fourth-order valence-electron chi connectivity index (χ4n) is 6.19. The maximum Gasteiger partial charge on any atom is 0.354 e. The second kappa shape index (κ2) is 11.3. The first-order valence-electron chi connectivity index (χ1n) is 14.7. The number of fused-ring (bicyclic) bond motifs is 2. The van der Waals surface area contributed by atoms with Crippen LogP contribution in [0.4, 0.5) is 24.7 Å². The fourth-order valence-corrected chi connectivity index (χ4v) is 6.19. The van der Waals surface area contributed by atoms with E-state index in [0.717, 1.165) is 22.8 Å². The van der Waals surface area contributed by atoms with Gasteiger partial charge in [-0.05, 0) is 30.0 Å². The van der Waals surface area contributed by atoms with Crippen molar-refractivity contribution < 1.29 is 27.9 Å². The van der Waals surface area contributed by atoms with Gasteiger partial charge in [-0.25, -0.2) is 27.9 Å². The highest BCUT2D eigenvalue weighted by atomic mass is 19.1. The first-order valence-corrected chi connectivity index (χ1v) is 14.7. The molecule has 14 heteroatoms. The fraction of sp³-hybridized carbons (Fsp3) is 0.312. The van der Waals surface area contributed by atoms with Crippen molar-refractivity contribution in [1.82, 2.24) is 24.4 Å². The molecule has 11 nitrogen and oxygen atoms in total. The van der Waals surface area contributed by atoms with Crippen molar-refractivity contribution in [3.8, 4) is 22.6 Å². The van der Waals surface area contributed by atoms with Gasteiger partial charge in [-0.15, -0.1) is 0 Å². The molecule has 2 aliphatic heterocycles. The zero-order valence-corrected chi connectivity index (χ0v) is 25.4. The molecule has 0 saturated carbocycles.